The number of β-amino-alcohol motifs (C(OH)–C–C–N with tert-alkyl or cyclic N) is 1. The Hall–Kier alpha value is -3.73. The SMILES string of the molecule is O=C(O)c1cccc(CC2(c3cccc(OC(F)(F)F)c3)CN(C[C@@H](O)C(F)(F)F)c3ccccc32)c1. The summed E-state index contributed by atoms with van der Waals surface area (Å²) in [7, 11) is 0. The van der Waals surface area contributed by atoms with Crippen molar-refractivity contribution >= 4 is 11.7 Å². The van der Waals surface area contributed by atoms with E-state index in [1.54, 1.807) is 36.4 Å². The van der Waals surface area contributed by atoms with Crippen LogP contribution in [0.3, 0.4) is 0 Å². The topological polar surface area (TPSA) is 70.0 Å². The van der Waals surface area contributed by atoms with Crippen molar-refractivity contribution in [2.45, 2.75) is 30.5 Å². The summed E-state index contributed by atoms with van der Waals surface area (Å²) in [4.78, 5) is 12.9. The maximum Gasteiger partial charge on any atom is 0.573 e. The predicted molar refractivity (Wildman–Crippen MR) is 122 cm³/mol. The van der Waals surface area contributed by atoms with Crippen LogP contribution in [0, 0.1) is 0 Å². The number of benzene rings is 3. The van der Waals surface area contributed by atoms with Crippen LogP contribution < -0.4 is 9.64 Å². The molecule has 0 aliphatic carbocycles. The van der Waals surface area contributed by atoms with Crippen LogP contribution in [0.4, 0.5) is 32.0 Å². The minimum Gasteiger partial charge on any atom is -0.478 e. The number of fused-ring (bicyclic) bond motifs is 1. The summed E-state index contributed by atoms with van der Waals surface area (Å²) in [5, 5.41) is 19.2. The summed E-state index contributed by atoms with van der Waals surface area (Å²) in [6.07, 6.45) is -12.4. The number of aliphatic hydroxyl groups is 1. The molecule has 0 bridgehead atoms. The third kappa shape index (κ3) is 5.66. The number of rotatable bonds is 7. The number of ether oxygens (including phenoxy) is 1. The Morgan fingerprint density at radius 2 is 1.68 bits per heavy atom. The number of alkyl halides is 6. The number of carboxylic acid groups (broad SMARTS) is 1. The van der Waals surface area contributed by atoms with Gasteiger partial charge in [0.2, 0.25) is 0 Å². The lowest BCUT2D eigenvalue weighted by atomic mass is 9.71. The number of halogens is 6. The molecule has 3 aromatic rings. The summed E-state index contributed by atoms with van der Waals surface area (Å²) in [6, 6.07) is 17.6. The lowest BCUT2D eigenvalue weighted by Gasteiger charge is -2.33. The Bertz CT molecular complexity index is 1290. The van der Waals surface area contributed by atoms with Gasteiger partial charge < -0.3 is 19.8 Å². The minimum atomic E-state index is -4.96. The number of para-hydroxylation sites is 1. The van der Waals surface area contributed by atoms with Crippen molar-refractivity contribution in [3.63, 3.8) is 0 Å². The van der Waals surface area contributed by atoms with E-state index < -0.39 is 42.3 Å². The van der Waals surface area contributed by atoms with E-state index in [2.05, 4.69) is 4.74 Å². The maximum atomic E-state index is 13.2. The number of carboxylic acids is 1. The molecule has 37 heavy (non-hydrogen) atoms. The van der Waals surface area contributed by atoms with Crippen LogP contribution in [0.25, 0.3) is 0 Å². The molecule has 4 rings (SSSR count). The van der Waals surface area contributed by atoms with E-state index in [9.17, 15) is 41.4 Å². The molecule has 0 saturated heterocycles. The fourth-order valence-corrected chi connectivity index (χ4v) is 4.78. The molecule has 1 heterocycles. The van der Waals surface area contributed by atoms with Crippen molar-refractivity contribution in [1.82, 2.24) is 0 Å². The van der Waals surface area contributed by atoms with Crippen molar-refractivity contribution in [2.24, 2.45) is 0 Å². The van der Waals surface area contributed by atoms with E-state index in [1.807, 2.05) is 0 Å². The van der Waals surface area contributed by atoms with Gasteiger partial charge in [0.15, 0.2) is 6.10 Å². The van der Waals surface area contributed by atoms with Gasteiger partial charge >= 0.3 is 18.5 Å². The van der Waals surface area contributed by atoms with Gasteiger partial charge in [0, 0.05) is 17.6 Å². The third-order valence-electron chi connectivity index (χ3n) is 6.29. The molecule has 0 fully saturated rings. The van der Waals surface area contributed by atoms with Crippen LogP contribution in [0.5, 0.6) is 5.75 Å². The Balaban J connectivity index is 1.86. The second kappa shape index (κ2) is 9.62. The van der Waals surface area contributed by atoms with Gasteiger partial charge in [-0.05, 0) is 53.4 Å². The van der Waals surface area contributed by atoms with E-state index in [0.29, 0.717) is 22.4 Å². The van der Waals surface area contributed by atoms with Gasteiger partial charge in [-0.2, -0.15) is 13.2 Å². The van der Waals surface area contributed by atoms with Crippen LogP contribution in [-0.4, -0.2) is 47.9 Å². The average molecular weight is 525 g/mol. The molecule has 5 nitrogen and oxygen atoms in total. The molecule has 0 amide bonds. The zero-order valence-electron chi connectivity index (χ0n) is 19.1. The molecule has 1 unspecified atom stereocenters. The van der Waals surface area contributed by atoms with Gasteiger partial charge in [-0.1, -0.05) is 42.5 Å². The summed E-state index contributed by atoms with van der Waals surface area (Å²) in [6.45, 7) is -0.914. The van der Waals surface area contributed by atoms with Gasteiger partial charge in [-0.15, -0.1) is 13.2 Å². The Morgan fingerprint density at radius 1 is 0.973 bits per heavy atom. The van der Waals surface area contributed by atoms with E-state index in [0.717, 1.165) is 6.07 Å². The molecule has 0 radical (unpaired) electrons. The summed E-state index contributed by atoms with van der Waals surface area (Å²) in [5.41, 5.74) is 0.528. The van der Waals surface area contributed by atoms with Crippen LogP contribution in [0.1, 0.15) is 27.0 Å². The number of anilines is 1. The number of hydrogen-bond donors (Lipinski definition) is 2. The molecule has 0 spiro atoms. The van der Waals surface area contributed by atoms with Crippen molar-refractivity contribution < 1.29 is 46.1 Å². The van der Waals surface area contributed by atoms with Gasteiger partial charge in [0.1, 0.15) is 5.75 Å². The standard InChI is InChI=1S/C26H21F6NO4/c27-25(28,29)22(34)14-33-15-24(20-9-1-2-10-21(20)33,13-16-5-3-6-17(11-16)23(35)36)18-7-4-8-19(12-18)37-26(30,31)32/h1-12,22,34H,13-15H2,(H,35,36)/t22-,24?/m1/s1. The number of carbonyl (C=O) groups is 1. The van der Waals surface area contributed by atoms with Crippen LogP contribution in [0.2, 0.25) is 0 Å². The second-order valence-corrected chi connectivity index (χ2v) is 8.80. The third-order valence-corrected chi connectivity index (χ3v) is 6.29. The van der Waals surface area contributed by atoms with Crippen molar-refractivity contribution in [1.29, 1.82) is 0 Å². The predicted octanol–water partition coefficient (Wildman–Crippen LogP) is 5.56. The Morgan fingerprint density at radius 3 is 2.35 bits per heavy atom. The van der Waals surface area contributed by atoms with E-state index >= 15 is 0 Å². The average Bonchev–Trinajstić information content (AvgIpc) is 3.12. The maximum absolute atomic E-state index is 13.2. The van der Waals surface area contributed by atoms with E-state index in [1.165, 1.54) is 35.2 Å². The highest BCUT2D eigenvalue weighted by atomic mass is 19.4. The van der Waals surface area contributed by atoms with Crippen molar-refractivity contribution in [2.75, 3.05) is 18.0 Å². The normalized spacial score (nSPS) is 18.4. The molecule has 196 valence electrons. The van der Waals surface area contributed by atoms with E-state index in [-0.39, 0.29) is 18.5 Å². The second-order valence-electron chi connectivity index (χ2n) is 8.80. The first-order chi connectivity index (χ1) is 17.3. The molecule has 0 saturated carbocycles. The van der Waals surface area contributed by atoms with Crippen molar-refractivity contribution in [3.8, 4) is 5.75 Å². The highest BCUT2D eigenvalue weighted by Gasteiger charge is 2.47. The first-order valence-electron chi connectivity index (χ1n) is 11.1. The molecule has 2 atom stereocenters. The Labute approximate surface area is 207 Å². The van der Waals surface area contributed by atoms with Gasteiger partial charge in [-0.3, -0.25) is 0 Å². The molecule has 11 heteroatoms. The molecule has 1 aliphatic heterocycles. The molecule has 3 aromatic carbocycles. The molecular weight excluding hydrogens is 504 g/mol. The van der Waals surface area contributed by atoms with Crippen molar-refractivity contribution in [3.05, 3.63) is 95.1 Å². The summed E-state index contributed by atoms with van der Waals surface area (Å²) in [5.74, 6) is -1.69. The first-order valence-corrected chi connectivity index (χ1v) is 11.1. The molecule has 1 aliphatic rings. The zero-order valence-corrected chi connectivity index (χ0v) is 19.1. The van der Waals surface area contributed by atoms with E-state index in [4.69, 9.17) is 0 Å². The lowest BCUT2D eigenvalue weighted by Crippen LogP contribution is -2.44. The molecule has 0 aromatic heterocycles. The number of aromatic carboxylic acids is 1. The summed E-state index contributed by atoms with van der Waals surface area (Å²) >= 11 is 0. The lowest BCUT2D eigenvalue weighted by molar-refractivity contribution is -0.274. The number of aliphatic hydroxyl groups excluding tert-OH is 1. The smallest absolute Gasteiger partial charge is 0.478 e. The molecular formula is C26H21F6NO4. The quantitative estimate of drug-likeness (QED) is 0.396. The minimum absolute atomic E-state index is 0.0163. The fourth-order valence-electron chi connectivity index (χ4n) is 4.78. The van der Waals surface area contributed by atoms with Gasteiger partial charge in [-0.25, -0.2) is 4.79 Å². The molecule has 2 N–H and O–H groups in total. The zero-order chi connectivity index (χ0) is 27.0. The van der Waals surface area contributed by atoms with Crippen LogP contribution in [-0.2, 0) is 11.8 Å². The first kappa shape index (κ1) is 26.3. The number of hydrogen-bond acceptors (Lipinski definition) is 4. The Kier molecular flexibility index (Phi) is 6.85. The summed E-state index contributed by atoms with van der Waals surface area (Å²) < 4.78 is 82.6. The fraction of sp³-hybridized carbons (Fsp3) is 0.269. The monoisotopic (exact) mass is 525 g/mol. The van der Waals surface area contributed by atoms with Gasteiger partial charge in [0.25, 0.3) is 0 Å². The highest BCUT2D eigenvalue weighted by molar-refractivity contribution is 5.87. The van der Waals surface area contributed by atoms with Crippen LogP contribution >= 0.6 is 0 Å². The highest BCUT2D eigenvalue weighted by Crippen LogP contribution is 2.48. The number of nitrogens with zero attached hydrogens (tertiary/aromatic N) is 1. The van der Waals surface area contributed by atoms with Gasteiger partial charge in [0.05, 0.1) is 12.1 Å². The van der Waals surface area contributed by atoms with Crippen LogP contribution in [0.15, 0.2) is 72.8 Å². The largest absolute Gasteiger partial charge is 0.573 e.